The van der Waals surface area contributed by atoms with Crippen LogP contribution < -0.4 is 0 Å². The molecule has 0 heterocycles. The van der Waals surface area contributed by atoms with Crippen molar-refractivity contribution in [2.24, 2.45) is 0 Å². The van der Waals surface area contributed by atoms with Gasteiger partial charge in [0.25, 0.3) is 0 Å². The fourth-order valence-electron chi connectivity index (χ4n) is 1.80. The van der Waals surface area contributed by atoms with Gasteiger partial charge in [-0.25, -0.2) is 0 Å². The van der Waals surface area contributed by atoms with Gasteiger partial charge < -0.3 is 10.2 Å². The zero-order valence-corrected chi connectivity index (χ0v) is 9.68. The second kappa shape index (κ2) is 5.12. The second-order valence-electron chi connectivity index (χ2n) is 4.18. The molecular weight excluding hydrogens is 204 g/mol. The van der Waals surface area contributed by atoms with E-state index in [1.807, 2.05) is 13.0 Å². The molecule has 0 aromatic heterocycles. The third-order valence-corrected chi connectivity index (χ3v) is 3.05. The molecule has 1 aromatic rings. The number of hydrogen-bond acceptors (Lipinski definition) is 2. The standard InChI is InChI=1S/C13H18O3/c1-3-7-11(14)13(2,12(15)16)10-8-5-4-6-9-10/h4-6,8-9,11,14H,3,7H2,1-2H3,(H,15,16)/t11-,13-/m1/s1. The molecule has 0 radical (unpaired) electrons. The molecule has 16 heavy (non-hydrogen) atoms. The molecule has 0 aliphatic rings. The summed E-state index contributed by atoms with van der Waals surface area (Å²) in [4.78, 5) is 11.4. The van der Waals surface area contributed by atoms with Crippen LogP contribution in [0, 0.1) is 0 Å². The predicted octanol–water partition coefficient (Wildman–Crippen LogP) is 2.19. The lowest BCUT2D eigenvalue weighted by Crippen LogP contribution is -2.44. The van der Waals surface area contributed by atoms with E-state index in [4.69, 9.17) is 0 Å². The molecule has 2 atom stereocenters. The van der Waals surface area contributed by atoms with Gasteiger partial charge in [-0.05, 0) is 18.9 Å². The van der Waals surface area contributed by atoms with Gasteiger partial charge in [-0.1, -0.05) is 43.7 Å². The highest BCUT2D eigenvalue weighted by Crippen LogP contribution is 2.30. The molecular formula is C13H18O3. The molecule has 2 N–H and O–H groups in total. The first-order valence-electron chi connectivity index (χ1n) is 5.50. The average molecular weight is 222 g/mol. The summed E-state index contributed by atoms with van der Waals surface area (Å²) in [6, 6.07) is 8.89. The quantitative estimate of drug-likeness (QED) is 0.803. The van der Waals surface area contributed by atoms with E-state index >= 15 is 0 Å². The van der Waals surface area contributed by atoms with E-state index in [2.05, 4.69) is 0 Å². The summed E-state index contributed by atoms with van der Waals surface area (Å²) in [5.74, 6) is -0.986. The number of aliphatic carboxylic acids is 1. The normalized spacial score (nSPS) is 16.4. The summed E-state index contributed by atoms with van der Waals surface area (Å²) in [7, 11) is 0. The first kappa shape index (κ1) is 12.7. The highest BCUT2D eigenvalue weighted by Gasteiger charge is 2.41. The van der Waals surface area contributed by atoms with E-state index in [0.717, 1.165) is 6.42 Å². The van der Waals surface area contributed by atoms with Gasteiger partial charge in [0.2, 0.25) is 0 Å². The van der Waals surface area contributed by atoms with Gasteiger partial charge in [0, 0.05) is 0 Å². The molecule has 0 spiro atoms. The number of hydrogen-bond donors (Lipinski definition) is 2. The number of aliphatic hydroxyl groups excluding tert-OH is 1. The lowest BCUT2D eigenvalue weighted by molar-refractivity contribution is -0.148. The van der Waals surface area contributed by atoms with Crippen molar-refractivity contribution in [2.45, 2.75) is 38.2 Å². The maximum Gasteiger partial charge on any atom is 0.316 e. The third-order valence-electron chi connectivity index (χ3n) is 3.05. The van der Waals surface area contributed by atoms with Crippen molar-refractivity contribution < 1.29 is 15.0 Å². The molecule has 1 rings (SSSR count). The molecule has 3 heteroatoms. The lowest BCUT2D eigenvalue weighted by Gasteiger charge is -2.30. The van der Waals surface area contributed by atoms with Crippen LogP contribution in [0.2, 0.25) is 0 Å². The number of carboxylic acid groups (broad SMARTS) is 1. The number of benzene rings is 1. The van der Waals surface area contributed by atoms with Crippen molar-refractivity contribution in [1.82, 2.24) is 0 Å². The molecule has 0 unspecified atom stereocenters. The summed E-state index contributed by atoms with van der Waals surface area (Å²) < 4.78 is 0. The Kier molecular flexibility index (Phi) is 4.07. The topological polar surface area (TPSA) is 57.5 Å². The third kappa shape index (κ3) is 2.25. The van der Waals surface area contributed by atoms with Gasteiger partial charge in [-0.3, -0.25) is 4.79 Å². The largest absolute Gasteiger partial charge is 0.481 e. The van der Waals surface area contributed by atoms with Crippen molar-refractivity contribution in [3.05, 3.63) is 35.9 Å². The van der Waals surface area contributed by atoms with Gasteiger partial charge in [0.15, 0.2) is 0 Å². The minimum Gasteiger partial charge on any atom is -0.481 e. The molecule has 0 fully saturated rings. The van der Waals surface area contributed by atoms with Gasteiger partial charge >= 0.3 is 5.97 Å². The van der Waals surface area contributed by atoms with Crippen molar-refractivity contribution in [3.8, 4) is 0 Å². The van der Waals surface area contributed by atoms with E-state index in [0.29, 0.717) is 12.0 Å². The zero-order chi connectivity index (χ0) is 12.2. The summed E-state index contributed by atoms with van der Waals surface area (Å²) in [5.41, 5.74) is -0.583. The Labute approximate surface area is 95.7 Å². The van der Waals surface area contributed by atoms with E-state index < -0.39 is 17.5 Å². The summed E-state index contributed by atoms with van der Waals surface area (Å²) in [6.07, 6.45) is 0.381. The fourth-order valence-corrected chi connectivity index (χ4v) is 1.80. The summed E-state index contributed by atoms with van der Waals surface area (Å²) >= 11 is 0. The van der Waals surface area contributed by atoms with Crippen LogP contribution in [0.15, 0.2) is 30.3 Å². The molecule has 0 saturated carbocycles. The second-order valence-corrected chi connectivity index (χ2v) is 4.18. The van der Waals surface area contributed by atoms with Crippen LogP contribution >= 0.6 is 0 Å². The Hall–Kier alpha value is -1.35. The van der Waals surface area contributed by atoms with E-state index in [1.54, 1.807) is 31.2 Å². The van der Waals surface area contributed by atoms with Crippen molar-refractivity contribution >= 4 is 5.97 Å². The van der Waals surface area contributed by atoms with Crippen LogP contribution in [0.5, 0.6) is 0 Å². The van der Waals surface area contributed by atoms with E-state index in [9.17, 15) is 15.0 Å². The maximum absolute atomic E-state index is 11.4. The minimum absolute atomic E-state index is 0.484. The summed E-state index contributed by atoms with van der Waals surface area (Å²) in [5, 5.41) is 19.3. The van der Waals surface area contributed by atoms with Crippen molar-refractivity contribution in [3.63, 3.8) is 0 Å². The van der Waals surface area contributed by atoms with Crippen LogP contribution in [0.4, 0.5) is 0 Å². The first-order chi connectivity index (χ1) is 7.53. The number of rotatable bonds is 5. The maximum atomic E-state index is 11.4. The monoisotopic (exact) mass is 222 g/mol. The van der Waals surface area contributed by atoms with E-state index in [-0.39, 0.29) is 0 Å². The van der Waals surface area contributed by atoms with Gasteiger partial charge in [-0.15, -0.1) is 0 Å². The Morgan fingerprint density at radius 3 is 2.38 bits per heavy atom. The Morgan fingerprint density at radius 1 is 1.38 bits per heavy atom. The zero-order valence-electron chi connectivity index (χ0n) is 9.68. The first-order valence-corrected chi connectivity index (χ1v) is 5.50. The van der Waals surface area contributed by atoms with Crippen molar-refractivity contribution in [1.29, 1.82) is 0 Å². The molecule has 0 aliphatic heterocycles. The van der Waals surface area contributed by atoms with Crippen LogP contribution in [0.1, 0.15) is 32.3 Å². The average Bonchev–Trinajstić information content (AvgIpc) is 2.29. The Bertz CT molecular complexity index is 347. The molecule has 88 valence electrons. The molecule has 3 nitrogen and oxygen atoms in total. The van der Waals surface area contributed by atoms with Crippen molar-refractivity contribution in [2.75, 3.05) is 0 Å². The smallest absolute Gasteiger partial charge is 0.316 e. The highest BCUT2D eigenvalue weighted by molar-refractivity contribution is 5.81. The van der Waals surface area contributed by atoms with Gasteiger partial charge in [0.1, 0.15) is 5.41 Å². The Balaban J connectivity index is 3.12. The highest BCUT2D eigenvalue weighted by atomic mass is 16.4. The van der Waals surface area contributed by atoms with Crippen LogP contribution in [-0.2, 0) is 10.2 Å². The number of aliphatic hydroxyl groups is 1. The Morgan fingerprint density at radius 2 is 1.94 bits per heavy atom. The van der Waals surface area contributed by atoms with E-state index in [1.165, 1.54) is 0 Å². The minimum atomic E-state index is -1.22. The number of carboxylic acids is 1. The number of carbonyl (C=O) groups is 1. The molecule has 0 aliphatic carbocycles. The fraction of sp³-hybridized carbons (Fsp3) is 0.462. The van der Waals surface area contributed by atoms with Gasteiger partial charge in [0.05, 0.1) is 6.10 Å². The van der Waals surface area contributed by atoms with Gasteiger partial charge in [-0.2, -0.15) is 0 Å². The predicted molar refractivity (Wildman–Crippen MR) is 62.3 cm³/mol. The SMILES string of the molecule is CCC[C@@H](O)[C@](C)(C(=O)O)c1ccccc1. The van der Waals surface area contributed by atoms with Crippen LogP contribution in [0.3, 0.4) is 0 Å². The molecule has 0 saturated heterocycles. The molecule has 0 amide bonds. The summed E-state index contributed by atoms with van der Waals surface area (Å²) in [6.45, 7) is 3.50. The molecule has 1 aromatic carbocycles. The molecule has 0 bridgehead atoms. The van der Waals surface area contributed by atoms with Crippen LogP contribution in [0.25, 0.3) is 0 Å². The lowest BCUT2D eigenvalue weighted by atomic mass is 9.76. The van der Waals surface area contributed by atoms with Crippen LogP contribution in [-0.4, -0.2) is 22.3 Å².